The van der Waals surface area contributed by atoms with E-state index in [1.165, 1.54) is 16.5 Å². The van der Waals surface area contributed by atoms with Crippen LogP contribution in [0.3, 0.4) is 0 Å². The molecule has 188 valence electrons. The fraction of sp³-hybridized carbons (Fsp3) is 0.250. The van der Waals surface area contributed by atoms with Crippen LogP contribution in [0.4, 0.5) is 20.6 Å². The summed E-state index contributed by atoms with van der Waals surface area (Å²) < 4.78 is 14.5. The van der Waals surface area contributed by atoms with Crippen LogP contribution >= 0.6 is 12.4 Å². The van der Waals surface area contributed by atoms with Gasteiger partial charge in [-0.2, -0.15) is 0 Å². The van der Waals surface area contributed by atoms with Crippen molar-refractivity contribution in [3.05, 3.63) is 70.2 Å². The van der Waals surface area contributed by atoms with E-state index in [4.69, 9.17) is 0 Å². The average Bonchev–Trinajstić information content (AvgIpc) is 3.43. The van der Waals surface area contributed by atoms with Gasteiger partial charge in [-0.1, -0.05) is 12.1 Å². The number of urea groups is 1. The molecular weight excluding hydrogens is 489 g/mol. The van der Waals surface area contributed by atoms with Crippen molar-refractivity contribution in [1.82, 2.24) is 24.3 Å². The Bertz CT molecular complexity index is 1500. The van der Waals surface area contributed by atoms with E-state index in [-0.39, 0.29) is 41.4 Å². The molecule has 1 aliphatic heterocycles. The molecule has 1 aromatic carbocycles. The monoisotopic (exact) mass is 513 g/mol. The maximum Gasteiger partial charge on any atom is 0.324 e. The molecule has 0 bridgehead atoms. The number of nitrogens with zero attached hydrogens (tertiary/aromatic N) is 6. The Morgan fingerprint density at radius 2 is 1.89 bits per heavy atom. The fourth-order valence-electron chi connectivity index (χ4n) is 4.07. The number of rotatable bonds is 5. The number of aromatic nitrogens is 4. The summed E-state index contributed by atoms with van der Waals surface area (Å²) in [6.07, 6.45) is 3.60. The number of fused-ring (bicyclic) bond motifs is 1. The molecule has 36 heavy (non-hydrogen) atoms. The lowest BCUT2D eigenvalue weighted by Crippen LogP contribution is -2.31. The highest BCUT2D eigenvalue weighted by Gasteiger charge is 2.30. The van der Waals surface area contributed by atoms with Crippen LogP contribution in [0, 0.1) is 5.82 Å². The van der Waals surface area contributed by atoms with Crippen molar-refractivity contribution < 1.29 is 14.3 Å². The van der Waals surface area contributed by atoms with Crippen LogP contribution in [0.15, 0.2) is 47.5 Å². The topological polar surface area (TPSA) is 110 Å². The molecule has 0 saturated carbocycles. The number of anilines is 2. The molecular formula is C24H25ClFN7O3. The summed E-state index contributed by atoms with van der Waals surface area (Å²) in [4.78, 5) is 42.9. The van der Waals surface area contributed by atoms with Crippen LogP contribution in [0.25, 0.3) is 17.2 Å². The standard InChI is InChI=1S/C24H24FN7O3.ClH/c1-29(2)17-11-18(31-9-8-30(3)24(31)35)22-28-19(20(33)23(34)32(22)13-17)21-26-12-16(27-21)10-14-4-6-15(25)7-5-14;/h4-7,11-13,33H,8-10H2,1-3H3,(H,26,27);1H. The minimum atomic E-state index is -0.675. The summed E-state index contributed by atoms with van der Waals surface area (Å²) in [7, 11) is 5.35. The lowest BCUT2D eigenvalue weighted by atomic mass is 10.1. The van der Waals surface area contributed by atoms with Gasteiger partial charge in [0.2, 0.25) is 5.75 Å². The first-order valence-electron chi connectivity index (χ1n) is 11.0. The predicted molar refractivity (Wildman–Crippen MR) is 137 cm³/mol. The van der Waals surface area contributed by atoms with Crippen LogP contribution in [0.5, 0.6) is 5.75 Å². The normalized spacial score (nSPS) is 13.4. The molecule has 0 aliphatic carbocycles. The fourth-order valence-corrected chi connectivity index (χ4v) is 4.07. The van der Waals surface area contributed by atoms with Gasteiger partial charge >= 0.3 is 11.6 Å². The van der Waals surface area contributed by atoms with Gasteiger partial charge in [0, 0.05) is 58.7 Å². The summed E-state index contributed by atoms with van der Waals surface area (Å²) in [5, 5.41) is 10.8. The molecule has 1 aliphatic rings. The molecule has 4 aromatic rings. The van der Waals surface area contributed by atoms with E-state index in [0.717, 1.165) is 5.56 Å². The van der Waals surface area contributed by atoms with E-state index in [2.05, 4.69) is 15.0 Å². The van der Waals surface area contributed by atoms with Crippen molar-refractivity contribution in [2.75, 3.05) is 44.0 Å². The van der Waals surface area contributed by atoms with Gasteiger partial charge in [-0.3, -0.25) is 14.1 Å². The zero-order valence-electron chi connectivity index (χ0n) is 19.9. The molecule has 1 saturated heterocycles. The molecule has 0 spiro atoms. The maximum absolute atomic E-state index is 13.2. The third kappa shape index (κ3) is 4.33. The SMILES string of the molecule is CN1CCN(c2cc(N(C)C)cn3c(=O)c(O)c(-c4ncc(Cc5ccc(F)cc5)[nH]4)nc23)C1=O.Cl. The third-order valence-electron chi connectivity index (χ3n) is 6.05. The molecule has 3 aromatic heterocycles. The number of aromatic hydroxyl groups is 1. The minimum Gasteiger partial charge on any atom is -0.501 e. The summed E-state index contributed by atoms with van der Waals surface area (Å²) in [5.74, 6) is -0.663. The zero-order chi connectivity index (χ0) is 24.9. The van der Waals surface area contributed by atoms with Gasteiger partial charge in [-0.25, -0.2) is 19.2 Å². The number of H-pyrrole nitrogens is 1. The molecule has 1 fully saturated rings. The van der Waals surface area contributed by atoms with Crippen LogP contribution in [-0.4, -0.2) is 69.6 Å². The number of carbonyl (C=O) groups is 1. The number of carbonyl (C=O) groups excluding carboxylic acids is 1. The number of nitrogens with one attached hydrogen (secondary N) is 1. The quantitative estimate of drug-likeness (QED) is 0.424. The number of amides is 2. The Balaban J connectivity index is 0.00000304. The molecule has 12 heteroatoms. The largest absolute Gasteiger partial charge is 0.501 e. The first kappa shape index (κ1) is 25.0. The number of pyridine rings is 1. The van der Waals surface area contributed by atoms with E-state index in [0.29, 0.717) is 36.6 Å². The van der Waals surface area contributed by atoms with E-state index in [1.54, 1.807) is 52.3 Å². The molecule has 2 amide bonds. The lowest BCUT2D eigenvalue weighted by Gasteiger charge is -2.22. The molecule has 2 N–H and O–H groups in total. The second kappa shape index (κ2) is 9.50. The van der Waals surface area contributed by atoms with Gasteiger partial charge in [0.05, 0.1) is 11.4 Å². The van der Waals surface area contributed by atoms with Crippen LogP contribution < -0.4 is 15.4 Å². The van der Waals surface area contributed by atoms with Crippen LogP contribution in [-0.2, 0) is 6.42 Å². The van der Waals surface area contributed by atoms with Gasteiger partial charge in [-0.05, 0) is 23.8 Å². The Morgan fingerprint density at radius 1 is 1.17 bits per heavy atom. The summed E-state index contributed by atoms with van der Waals surface area (Å²) in [5.41, 5.74) is 2.24. The van der Waals surface area contributed by atoms with Crippen molar-refractivity contribution in [2.24, 2.45) is 0 Å². The van der Waals surface area contributed by atoms with Gasteiger partial charge < -0.3 is 19.9 Å². The number of halogens is 2. The molecule has 0 atom stereocenters. The molecule has 5 rings (SSSR count). The highest BCUT2D eigenvalue weighted by atomic mass is 35.5. The number of hydrogen-bond donors (Lipinski definition) is 2. The summed E-state index contributed by atoms with van der Waals surface area (Å²) >= 11 is 0. The Morgan fingerprint density at radius 3 is 2.53 bits per heavy atom. The number of aromatic amines is 1. The van der Waals surface area contributed by atoms with E-state index < -0.39 is 11.3 Å². The summed E-state index contributed by atoms with van der Waals surface area (Å²) in [6, 6.07) is 7.70. The molecule has 0 unspecified atom stereocenters. The van der Waals surface area contributed by atoms with E-state index >= 15 is 0 Å². The van der Waals surface area contributed by atoms with Crippen LogP contribution in [0.2, 0.25) is 0 Å². The summed E-state index contributed by atoms with van der Waals surface area (Å²) in [6.45, 7) is 0.980. The van der Waals surface area contributed by atoms with Crippen molar-refractivity contribution in [2.45, 2.75) is 6.42 Å². The van der Waals surface area contributed by atoms with Crippen LogP contribution in [0.1, 0.15) is 11.3 Å². The molecule has 10 nitrogen and oxygen atoms in total. The lowest BCUT2D eigenvalue weighted by molar-refractivity contribution is 0.229. The van der Waals surface area contributed by atoms with Gasteiger partial charge in [0.1, 0.15) is 5.82 Å². The number of hydrogen-bond acceptors (Lipinski definition) is 6. The van der Waals surface area contributed by atoms with Gasteiger partial charge in [0.15, 0.2) is 17.2 Å². The Labute approximate surface area is 212 Å². The predicted octanol–water partition coefficient (Wildman–Crippen LogP) is 2.88. The third-order valence-corrected chi connectivity index (χ3v) is 6.05. The Kier molecular flexibility index (Phi) is 6.59. The van der Waals surface area contributed by atoms with Crippen molar-refractivity contribution in [1.29, 1.82) is 0 Å². The second-order valence-electron chi connectivity index (χ2n) is 8.70. The smallest absolute Gasteiger partial charge is 0.324 e. The molecule has 4 heterocycles. The van der Waals surface area contributed by atoms with Crippen molar-refractivity contribution in [3.63, 3.8) is 0 Å². The van der Waals surface area contributed by atoms with Gasteiger partial charge in [-0.15, -0.1) is 12.4 Å². The number of likely N-dealkylation sites (N-methyl/N-ethyl adjacent to an activating group) is 1. The van der Waals surface area contributed by atoms with Gasteiger partial charge in [0.25, 0.3) is 0 Å². The van der Waals surface area contributed by atoms with Crippen molar-refractivity contribution in [3.8, 4) is 17.3 Å². The second-order valence-corrected chi connectivity index (χ2v) is 8.70. The first-order chi connectivity index (χ1) is 16.7. The molecule has 0 radical (unpaired) electrons. The van der Waals surface area contributed by atoms with Crippen molar-refractivity contribution >= 4 is 35.5 Å². The minimum absolute atomic E-state index is 0. The number of imidazole rings is 1. The van der Waals surface area contributed by atoms with E-state index in [9.17, 15) is 19.1 Å². The zero-order valence-corrected chi connectivity index (χ0v) is 20.7. The Hall–Kier alpha value is -4.12. The first-order valence-corrected chi connectivity index (χ1v) is 11.0. The maximum atomic E-state index is 13.2. The average molecular weight is 514 g/mol. The highest BCUT2D eigenvalue weighted by Crippen LogP contribution is 2.31. The number of benzene rings is 1. The highest BCUT2D eigenvalue weighted by molar-refractivity contribution is 5.98. The van der Waals surface area contributed by atoms with E-state index in [1.807, 2.05) is 14.1 Å².